The number of imide groups is 1. The van der Waals surface area contributed by atoms with Crippen molar-refractivity contribution in [1.29, 1.82) is 0 Å². The highest BCUT2D eigenvalue weighted by molar-refractivity contribution is 6.37. The van der Waals surface area contributed by atoms with E-state index in [9.17, 15) is 14.7 Å². The Balaban J connectivity index is 1.45. The normalized spacial score (nSPS) is 13.8. The summed E-state index contributed by atoms with van der Waals surface area (Å²) in [7, 11) is 0. The van der Waals surface area contributed by atoms with Crippen LogP contribution in [-0.4, -0.2) is 36.8 Å². The largest absolute Gasteiger partial charge is 0.505 e. The Bertz CT molecular complexity index is 1420. The van der Waals surface area contributed by atoms with Crippen molar-refractivity contribution in [2.45, 2.75) is 6.92 Å². The maximum atomic E-state index is 11.5. The molecule has 3 aromatic rings. The number of rotatable bonds is 7. The molecular weight excluding hydrogens is 491 g/mol. The number of amides is 2. The molecular formula is C24H18Cl2N6O3. The summed E-state index contributed by atoms with van der Waals surface area (Å²) in [6, 6.07) is 6.65. The summed E-state index contributed by atoms with van der Waals surface area (Å²) < 4.78 is 0. The van der Waals surface area contributed by atoms with Gasteiger partial charge in [0.2, 0.25) is 0 Å². The van der Waals surface area contributed by atoms with Crippen LogP contribution >= 0.6 is 23.2 Å². The molecule has 0 saturated carbocycles. The van der Waals surface area contributed by atoms with Crippen LogP contribution in [0.4, 0.5) is 5.82 Å². The second-order valence-corrected chi connectivity index (χ2v) is 8.20. The van der Waals surface area contributed by atoms with E-state index >= 15 is 0 Å². The summed E-state index contributed by atoms with van der Waals surface area (Å²) in [5, 5.41) is 16.1. The number of carbonyl (C=O) groups is 2. The van der Waals surface area contributed by atoms with Gasteiger partial charge < -0.3 is 15.7 Å². The fourth-order valence-electron chi connectivity index (χ4n) is 3.13. The average Bonchev–Trinajstić information content (AvgIpc) is 3.13. The van der Waals surface area contributed by atoms with Gasteiger partial charge in [0.15, 0.2) is 17.2 Å². The molecule has 1 aliphatic heterocycles. The van der Waals surface area contributed by atoms with Gasteiger partial charge in [-0.3, -0.25) is 14.5 Å². The molecule has 3 heterocycles. The fourth-order valence-corrected chi connectivity index (χ4v) is 3.62. The van der Waals surface area contributed by atoms with Crippen molar-refractivity contribution in [3.05, 3.63) is 89.1 Å². The number of phenolic OH excluding ortho intramolecular Hbond substituents is 1. The van der Waals surface area contributed by atoms with Gasteiger partial charge in [-0.1, -0.05) is 29.8 Å². The van der Waals surface area contributed by atoms with E-state index in [1.54, 1.807) is 49.5 Å². The summed E-state index contributed by atoms with van der Waals surface area (Å²) in [4.78, 5) is 37.5. The summed E-state index contributed by atoms with van der Waals surface area (Å²) in [5.41, 5.74) is 2.83. The first-order chi connectivity index (χ1) is 16.7. The molecule has 0 aliphatic carbocycles. The number of anilines is 1. The average molecular weight is 509 g/mol. The molecule has 1 aliphatic rings. The lowest BCUT2D eigenvalue weighted by molar-refractivity contribution is -0.133. The van der Waals surface area contributed by atoms with Gasteiger partial charge in [0, 0.05) is 29.6 Å². The quantitative estimate of drug-likeness (QED) is 0.314. The molecule has 0 fully saturated rings. The molecule has 11 heteroatoms. The number of benzene rings is 1. The number of phenols is 1. The van der Waals surface area contributed by atoms with Crippen molar-refractivity contribution in [1.82, 2.24) is 25.2 Å². The number of hydrogen-bond donors (Lipinski definition) is 3. The third-order valence-electron chi connectivity index (χ3n) is 4.77. The number of carbonyl (C=O) groups excluding carboxylic acids is 2. The van der Waals surface area contributed by atoms with Gasteiger partial charge in [-0.25, -0.2) is 15.0 Å². The van der Waals surface area contributed by atoms with Crippen molar-refractivity contribution in [3.8, 4) is 17.0 Å². The van der Waals surface area contributed by atoms with Gasteiger partial charge in [0.25, 0.3) is 11.8 Å². The lowest BCUT2D eigenvalue weighted by Gasteiger charge is -2.12. The van der Waals surface area contributed by atoms with E-state index < -0.39 is 0 Å². The predicted octanol–water partition coefficient (Wildman–Crippen LogP) is 4.52. The molecule has 0 radical (unpaired) electrons. The minimum absolute atomic E-state index is 0.117. The number of pyridine rings is 1. The highest BCUT2D eigenvalue weighted by Gasteiger charge is 2.20. The summed E-state index contributed by atoms with van der Waals surface area (Å²) in [6.07, 6.45) is 8.61. The zero-order valence-electron chi connectivity index (χ0n) is 18.3. The third-order valence-corrected chi connectivity index (χ3v) is 5.35. The topological polar surface area (TPSA) is 120 Å². The smallest absolute Gasteiger partial charge is 0.257 e. The zero-order chi connectivity index (χ0) is 25.1. The number of nitrogens with one attached hydrogen (secondary N) is 2. The number of hydrogen-bond acceptors (Lipinski definition) is 8. The van der Waals surface area contributed by atoms with Crippen LogP contribution in [0.3, 0.4) is 0 Å². The lowest BCUT2D eigenvalue weighted by atomic mass is 10.1. The summed E-state index contributed by atoms with van der Waals surface area (Å²) in [5.74, 6) is -0.141. The maximum Gasteiger partial charge on any atom is 0.257 e. The van der Waals surface area contributed by atoms with E-state index in [1.807, 2.05) is 0 Å². The third kappa shape index (κ3) is 5.48. The first kappa shape index (κ1) is 23.9. The summed E-state index contributed by atoms with van der Waals surface area (Å²) in [6.45, 7) is 5.70. The number of aromatic hydroxyl groups is 1. The van der Waals surface area contributed by atoms with Crippen LogP contribution in [0, 0.1) is 0 Å². The molecule has 9 nitrogen and oxygen atoms in total. The van der Waals surface area contributed by atoms with Gasteiger partial charge >= 0.3 is 0 Å². The Hall–Kier alpha value is -4.21. The van der Waals surface area contributed by atoms with E-state index in [4.69, 9.17) is 23.2 Å². The molecule has 0 bridgehead atoms. The molecule has 35 heavy (non-hydrogen) atoms. The van der Waals surface area contributed by atoms with Crippen LogP contribution in [0.25, 0.3) is 22.4 Å². The van der Waals surface area contributed by atoms with E-state index in [0.717, 1.165) is 4.90 Å². The van der Waals surface area contributed by atoms with Crippen molar-refractivity contribution in [2.75, 3.05) is 5.32 Å². The zero-order valence-corrected chi connectivity index (χ0v) is 19.8. The van der Waals surface area contributed by atoms with Crippen LogP contribution in [-0.2, 0) is 9.59 Å². The lowest BCUT2D eigenvalue weighted by Crippen LogP contribution is -2.23. The van der Waals surface area contributed by atoms with Crippen molar-refractivity contribution < 1.29 is 14.7 Å². The maximum absolute atomic E-state index is 11.5. The van der Waals surface area contributed by atoms with E-state index in [0.29, 0.717) is 39.8 Å². The number of fused-ring (bicyclic) bond motifs is 1. The molecule has 3 N–H and O–H groups in total. The Morgan fingerprint density at radius 2 is 1.80 bits per heavy atom. The molecule has 4 rings (SSSR count). The van der Waals surface area contributed by atoms with Gasteiger partial charge in [-0.15, -0.1) is 0 Å². The number of aromatic nitrogens is 3. The molecule has 0 unspecified atom stereocenters. The van der Waals surface area contributed by atoms with Gasteiger partial charge in [0.1, 0.15) is 11.3 Å². The fraction of sp³-hybridized carbons (Fsp3) is 0.0417. The monoisotopic (exact) mass is 508 g/mol. The molecule has 0 spiro atoms. The van der Waals surface area contributed by atoms with Crippen LogP contribution < -0.4 is 10.6 Å². The van der Waals surface area contributed by atoms with Crippen molar-refractivity contribution >= 4 is 52.0 Å². The Morgan fingerprint density at radius 3 is 2.49 bits per heavy atom. The molecule has 176 valence electrons. The first-order valence-corrected chi connectivity index (χ1v) is 10.9. The van der Waals surface area contributed by atoms with Crippen LogP contribution in [0.15, 0.2) is 79.1 Å². The van der Waals surface area contributed by atoms with Crippen molar-refractivity contribution in [2.24, 2.45) is 0 Å². The minimum Gasteiger partial charge on any atom is -0.505 e. The van der Waals surface area contributed by atoms with E-state index in [2.05, 4.69) is 32.2 Å². The summed E-state index contributed by atoms with van der Waals surface area (Å²) >= 11 is 12.1. The molecule has 2 amide bonds. The van der Waals surface area contributed by atoms with Crippen LogP contribution in [0.5, 0.6) is 5.75 Å². The van der Waals surface area contributed by atoms with Gasteiger partial charge in [-0.05, 0) is 43.3 Å². The number of halogens is 2. The molecule has 2 aromatic heterocycles. The van der Waals surface area contributed by atoms with Gasteiger partial charge in [-0.2, -0.15) is 0 Å². The molecule has 0 atom stereocenters. The van der Waals surface area contributed by atoms with E-state index in [1.165, 1.54) is 18.4 Å². The number of nitrogens with zero attached hydrogens (tertiary/aromatic N) is 4. The Morgan fingerprint density at radius 1 is 1.11 bits per heavy atom. The predicted molar refractivity (Wildman–Crippen MR) is 134 cm³/mol. The Kier molecular flexibility index (Phi) is 6.81. The number of allylic oxidation sites excluding steroid dienone is 3. The molecule has 0 saturated heterocycles. The van der Waals surface area contributed by atoms with Crippen molar-refractivity contribution in [3.63, 3.8) is 0 Å². The highest BCUT2D eigenvalue weighted by atomic mass is 35.5. The molecule has 1 aromatic carbocycles. The minimum atomic E-state index is -0.389. The SMILES string of the molecule is C=C(N/C(C)=C/C=C/N1C(=O)C=CC1=O)Nc1cnc2ccc(-c3cc(Cl)c(O)c(Cl)c3)nc2n1. The van der Waals surface area contributed by atoms with Crippen LogP contribution in [0.2, 0.25) is 10.0 Å². The second kappa shape index (κ2) is 9.96. The Labute approximate surface area is 210 Å². The first-order valence-electron chi connectivity index (χ1n) is 10.2. The van der Waals surface area contributed by atoms with Gasteiger partial charge in [0.05, 0.1) is 21.9 Å². The van der Waals surface area contributed by atoms with E-state index in [-0.39, 0.29) is 27.6 Å². The standard InChI is InChI=1S/C24H18Cl2N6O3/c1-13(4-3-9-32-21(33)7-8-22(32)34)28-14(2)29-20-12-27-19-6-5-18(30-24(19)31-20)15-10-16(25)23(35)17(26)11-15/h3-12,28,35H,2H2,1H3,(H,29,30,31)/b9-3+,13-4+. The highest BCUT2D eigenvalue weighted by Crippen LogP contribution is 2.36. The van der Waals surface area contributed by atoms with Crippen LogP contribution in [0.1, 0.15) is 6.92 Å². The second-order valence-electron chi connectivity index (χ2n) is 7.38.